The highest BCUT2D eigenvalue weighted by atomic mass is 16.6. The normalized spacial score (nSPS) is 11.5. The summed E-state index contributed by atoms with van der Waals surface area (Å²) in [4.78, 5) is 133. The Morgan fingerprint density at radius 3 is 0.750 bits per heavy atom. The molecular formula is C70H84O18. The SMILES string of the molecule is C=C(C)C(=O)OCCOc1c2cc(C(=O)CCC)cc1Cc1cc(C(=O)CCC)cc(c1OCCOC(=O)C(=C)C)Cc1cc(C(=O)CCC)cc(c1OCCOC(=O)CC(=O)CC)Cc1cc(C(=O)CCC)cc(c1OCCOC(=O)CC(=O)CC)C2. The van der Waals surface area contributed by atoms with Crippen LogP contribution >= 0.6 is 0 Å². The monoisotopic (exact) mass is 1210 g/mol. The molecule has 0 aliphatic heterocycles. The number of benzene rings is 4. The average Bonchev–Trinajstić information content (AvgIpc) is 1.24. The molecule has 4 aromatic carbocycles. The van der Waals surface area contributed by atoms with Gasteiger partial charge in [0.05, 0.1) is 0 Å². The van der Waals surface area contributed by atoms with Crippen LogP contribution in [0.2, 0.25) is 0 Å². The third kappa shape index (κ3) is 20.8. The molecule has 1 aliphatic carbocycles. The van der Waals surface area contributed by atoms with E-state index in [1.807, 2.05) is 27.7 Å². The Hall–Kier alpha value is -8.54. The number of rotatable bonds is 36. The van der Waals surface area contributed by atoms with Gasteiger partial charge in [0, 0.05) is 97.6 Å². The van der Waals surface area contributed by atoms with Crippen LogP contribution in [-0.2, 0) is 73.4 Å². The minimum Gasteiger partial charge on any atom is -0.489 e. The van der Waals surface area contributed by atoms with Crippen molar-refractivity contribution in [1.82, 2.24) is 0 Å². The van der Waals surface area contributed by atoms with E-state index in [0.717, 1.165) is 0 Å². The molecule has 0 N–H and O–H groups in total. The van der Waals surface area contributed by atoms with Crippen molar-refractivity contribution in [2.75, 3.05) is 52.9 Å². The minimum absolute atomic E-state index is 0.0622. The van der Waals surface area contributed by atoms with Gasteiger partial charge in [0.15, 0.2) is 23.1 Å². The van der Waals surface area contributed by atoms with Crippen LogP contribution in [0.4, 0.5) is 0 Å². The van der Waals surface area contributed by atoms with E-state index in [9.17, 15) is 47.9 Å². The molecule has 18 nitrogen and oxygen atoms in total. The van der Waals surface area contributed by atoms with Gasteiger partial charge in [-0.15, -0.1) is 0 Å². The van der Waals surface area contributed by atoms with E-state index in [2.05, 4.69) is 13.2 Å². The molecule has 0 saturated carbocycles. The van der Waals surface area contributed by atoms with Gasteiger partial charge in [0.1, 0.15) is 100 Å². The summed E-state index contributed by atoms with van der Waals surface area (Å²) in [6.07, 6.45) is 1.82. The van der Waals surface area contributed by atoms with Gasteiger partial charge in [0.2, 0.25) is 0 Å². The molecule has 0 spiro atoms. The smallest absolute Gasteiger partial charge is 0.333 e. The van der Waals surface area contributed by atoms with Gasteiger partial charge in [0.25, 0.3) is 0 Å². The molecule has 0 aromatic heterocycles. The second-order valence-corrected chi connectivity index (χ2v) is 21.7. The van der Waals surface area contributed by atoms with Crippen molar-refractivity contribution < 1.29 is 85.8 Å². The first-order chi connectivity index (χ1) is 42.1. The Morgan fingerprint density at radius 2 is 0.557 bits per heavy atom. The van der Waals surface area contributed by atoms with E-state index in [-0.39, 0.29) is 186 Å². The van der Waals surface area contributed by atoms with E-state index >= 15 is 0 Å². The summed E-state index contributed by atoms with van der Waals surface area (Å²) in [6, 6.07) is 13.7. The highest BCUT2D eigenvalue weighted by molar-refractivity contribution is 6.00. The standard InChI is InChI=1S/C70H84O18/c1-11-17-59(73)45-29-49-37-50-30-46(60(74)18-12-2)32-52(66(50)84-24-22-82-64(78)42-58(72)16-6)39-54-34-48(62(76)20-14-4)36-56(68(54)86-26-28-88-70(80)44(9)10)40-55-35-47(61(75)19-13-3)33-53(67(55)85-25-27-87-69(79)43(7)8)38-51(31-45)65(49)83-23-21-81-63(77)41-57(71)15-5/h29-36H,7,9,11-28,37-42H2,1-6,8,10H3. The van der Waals surface area contributed by atoms with Crippen molar-refractivity contribution in [1.29, 1.82) is 0 Å². The van der Waals surface area contributed by atoms with Gasteiger partial charge in [-0.3, -0.25) is 38.4 Å². The van der Waals surface area contributed by atoms with E-state index in [1.54, 1.807) is 62.4 Å². The third-order valence-electron chi connectivity index (χ3n) is 14.2. The molecule has 472 valence electrons. The Labute approximate surface area is 516 Å². The number of Topliss-reactive ketones (excluding diaryl/α,β-unsaturated/α-hetero) is 6. The number of hydrogen-bond acceptors (Lipinski definition) is 18. The van der Waals surface area contributed by atoms with E-state index < -0.39 is 36.7 Å². The summed E-state index contributed by atoms with van der Waals surface area (Å²) in [5, 5.41) is 0. The quantitative estimate of drug-likeness (QED) is 0.00903. The zero-order valence-electron chi connectivity index (χ0n) is 52.4. The third-order valence-corrected chi connectivity index (χ3v) is 14.2. The Morgan fingerprint density at radius 1 is 0.341 bits per heavy atom. The van der Waals surface area contributed by atoms with Gasteiger partial charge < -0.3 is 37.9 Å². The first-order valence-corrected chi connectivity index (χ1v) is 30.4. The molecule has 0 radical (unpaired) electrons. The van der Waals surface area contributed by atoms with Crippen molar-refractivity contribution in [2.24, 2.45) is 0 Å². The lowest BCUT2D eigenvalue weighted by atomic mass is 9.86. The maximum atomic E-state index is 14.4. The van der Waals surface area contributed by atoms with E-state index in [4.69, 9.17) is 37.9 Å². The lowest BCUT2D eigenvalue weighted by molar-refractivity contribution is -0.148. The van der Waals surface area contributed by atoms with Gasteiger partial charge in [-0.1, -0.05) is 54.7 Å². The van der Waals surface area contributed by atoms with Crippen molar-refractivity contribution in [3.8, 4) is 23.0 Å². The molecule has 5 rings (SSSR count). The molecule has 0 saturated heterocycles. The van der Waals surface area contributed by atoms with Crippen LogP contribution in [0.3, 0.4) is 0 Å². The van der Waals surface area contributed by atoms with Crippen LogP contribution in [0.5, 0.6) is 23.0 Å². The Balaban J connectivity index is 1.98. The summed E-state index contributed by atoms with van der Waals surface area (Å²) in [6.45, 7) is 19.4. The highest BCUT2D eigenvalue weighted by Crippen LogP contribution is 2.42. The topological polar surface area (TPSA) is 245 Å². The van der Waals surface area contributed by atoms with Crippen LogP contribution in [-0.4, -0.2) is 111 Å². The minimum atomic E-state index is -0.744. The second-order valence-electron chi connectivity index (χ2n) is 21.7. The molecule has 1 aliphatic rings. The van der Waals surface area contributed by atoms with Crippen molar-refractivity contribution in [3.63, 3.8) is 0 Å². The molecular weight excluding hydrogens is 1130 g/mol. The lowest BCUT2D eigenvalue weighted by Gasteiger charge is -2.25. The van der Waals surface area contributed by atoms with Crippen molar-refractivity contribution in [2.45, 2.75) is 158 Å². The summed E-state index contributed by atoms with van der Waals surface area (Å²) in [5.74, 6) is -3.15. The zero-order valence-corrected chi connectivity index (χ0v) is 52.4. The van der Waals surface area contributed by atoms with Crippen LogP contribution in [0.25, 0.3) is 0 Å². The number of fused-ring (bicyclic) bond motifs is 8. The predicted octanol–water partition coefficient (Wildman–Crippen LogP) is 11.9. The van der Waals surface area contributed by atoms with Gasteiger partial charge in [-0.2, -0.15) is 0 Å². The first-order valence-electron chi connectivity index (χ1n) is 30.4. The number of esters is 4. The lowest BCUT2D eigenvalue weighted by Crippen LogP contribution is -2.18. The zero-order chi connectivity index (χ0) is 64.5. The number of carbonyl (C=O) groups excluding carboxylic acids is 10. The van der Waals surface area contributed by atoms with Crippen molar-refractivity contribution >= 4 is 58.6 Å². The molecule has 18 heteroatoms. The largest absolute Gasteiger partial charge is 0.489 e. The molecule has 0 unspecified atom stereocenters. The Bertz CT molecular complexity index is 3060. The molecule has 88 heavy (non-hydrogen) atoms. The molecule has 4 aromatic rings. The predicted molar refractivity (Wildman–Crippen MR) is 329 cm³/mol. The van der Waals surface area contributed by atoms with Gasteiger partial charge >= 0.3 is 23.9 Å². The van der Waals surface area contributed by atoms with Gasteiger partial charge in [-0.25, -0.2) is 9.59 Å². The number of ether oxygens (including phenoxy) is 8. The number of hydrogen-bond donors (Lipinski definition) is 0. The fraction of sp³-hybridized carbons (Fsp3) is 0.457. The van der Waals surface area contributed by atoms with E-state index in [0.29, 0.717) is 92.4 Å². The molecule has 0 fully saturated rings. The van der Waals surface area contributed by atoms with Crippen LogP contribution < -0.4 is 18.9 Å². The summed E-state index contributed by atoms with van der Waals surface area (Å²) >= 11 is 0. The fourth-order valence-electron chi connectivity index (χ4n) is 9.84. The molecule has 0 heterocycles. The van der Waals surface area contributed by atoms with E-state index in [1.165, 1.54) is 13.8 Å². The second kappa shape index (κ2) is 35.3. The first kappa shape index (κ1) is 70.2. The number of carbonyl (C=O) groups is 10. The number of ketones is 6. The van der Waals surface area contributed by atoms with Crippen molar-refractivity contribution in [3.05, 3.63) is 140 Å². The maximum Gasteiger partial charge on any atom is 0.333 e. The Kier molecular flexibility index (Phi) is 28.2. The maximum absolute atomic E-state index is 14.4. The average molecular weight is 1210 g/mol. The van der Waals surface area contributed by atoms with Crippen LogP contribution in [0.15, 0.2) is 72.8 Å². The summed E-state index contributed by atoms with van der Waals surface area (Å²) in [7, 11) is 0. The fourth-order valence-corrected chi connectivity index (χ4v) is 9.84. The highest BCUT2D eigenvalue weighted by Gasteiger charge is 2.28. The molecule has 0 amide bonds. The van der Waals surface area contributed by atoms with Crippen LogP contribution in [0.1, 0.15) is 218 Å². The van der Waals surface area contributed by atoms with Gasteiger partial charge in [-0.05, 0) is 133 Å². The summed E-state index contributed by atoms with van der Waals surface area (Å²) in [5.41, 5.74) is 5.08. The van der Waals surface area contributed by atoms with Crippen LogP contribution in [0, 0.1) is 0 Å². The molecule has 8 bridgehead atoms. The molecule has 0 atom stereocenters. The summed E-state index contributed by atoms with van der Waals surface area (Å²) < 4.78 is 48.8.